The molecule has 0 unspecified atom stereocenters. The number of thiophene rings is 1. The van der Waals surface area contributed by atoms with Crippen molar-refractivity contribution in [1.82, 2.24) is 14.2 Å². The Labute approximate surface area is 184 Å². The summed E-state index contributed by atoms with van der Waals surface area (Å²) >= 11 is 2.88. The second-order valence-corrected chi connectivity index (χ2v) is 10.3. The van der Waals surface area contributed by atoms with Gasteiger partial charge in [-0.25, -0.2) is 13.4 Å². The number of carbonyl (C=O) groups excluding carboxylic acids is 1. The molecule has 6 nitrogen and oxygen atoms in total. The molecule has 1 amide bonds. The Morgan fingerprint density at radius 2 is 1.81 bits per heavy atom. The molecule has 31 heavy (non-hydrogen) atoms. The Balaban J connectivity index is 1.44. The number of piperazine rings is 1. The van der Waals surface area contributed by atoms with Crippen LogP contribution in [0.3, 0.4) is 0 Å². The number of hydrogen-bond donors (Lipinski definition) is 0. The molecule has 1 saturated heterocycles. The van der Waals surface area contributed by atoms with Gasteiger partial charge in [0.05, 0.1) is 10.5 Å². The number of halogens is 3. The van der Waals surface area contributed by atoms with Crippen LogP contribution in [0.2, 0.25) is 0 Å². The predicted octanol–water partition coefficient (Wildman–Crippen LogP) is 4.04. The van der Waals surface area contributed by atoms with Crippen LogP contribution in [0, 0.1) is 0 Å². The normalized spacial score (nSPS) is 15.9. The van der Waals surface area contributed by atoms with E-state index in [1.807, 2.05) is 16.8 Å². The first-order valence-electron chi connectivity index (χ1n) is 9.11. The molecule has 1 aliphatic heterocycles. The highest BCUT2D eigenvalue weighted by molar-refractivity contribution is 7.89. The van der Waals surface area contributed by atoms with E-state index in [1.54, 1.807) is 5.38 Å². The maximum atomic E-state index is 12.9. The zero-order chi connectivity index (χ0) is 22.2. The summed E-state index contributed by atoms with van der Waals surface area (Å²) in [5, 5.41) is 6.25. The molecular formula is C19H16F3N3O3S3. The standard InChI is InChI=1S/C19H16F3N3O3S3/c20-19(21,22)14-2-1-3-15(10-14)31(27,28)25-7-5-24(6-8-25)18(26)16-12-30-17(23-16)13-4-9-29-11-13/h1-4,9-12H,5-8H2. The topological polar surface area (TPSA) is 70.6 Å². The Bertz CT molecular complexity index is 1180. The quantitative estimate of drug-likeness (QED) is 0.557. The average Bonchev–Trinajstić information content (AvgIpc) is 3.45. The number of aromatic nitrogens is 1. The van der Waals surface area contributed by atoms with Crippen LogP contribution in [0.1, 0.15) is 16.1 Å². The zero-order valence-electron chi connectivity index (χ0n) is 15.9. The zero-order valence-corrected chi connectivity index (χ0v) is 18.3. The van der Waals surface area contributed by atoms with Gasteiger partial charge in [-0.3, -0.25) is 4.79 Å². The van der Waals surface area contributed by atoms with E-state index in [0.29, 0.717) is 11.8 Å². The number of nitrogens with zero attached hydrogens (tertiary/aromatic N) is 3. The molecule has 2 aromatic heterocycles. The first kappa shape index (κ1) is 21.9. The smallest absolute Gasteiger partial charge is 0.335 e. The van der Waals surface area contributed by atoms with Crippen LogP contribution < -0.4 is 0 Å². The number of thiazole rings is 1. The van der Waals surface area contributed by atoms with Gasteiger partial charge in [0.1, 0.15) is 10.7 Å². The minimum absolute atomic E-state index is 0.00809. The summed E-state index contributed by atoms with van der Waals surface area (Å²) < 4.78 is 65.5. The predicted molar refractivity (Wildman–Crippen MR) is 112 cm³/mol. The van der Waals surface area contributed by atoms with Crippen molar-refractivity contribution in [3.05, 3.63) is 57.7 Å². The van der Waals surface area contributed by atoms with E-state index in [1.165, 1.54) is 27.6 Å². The van der Waals surface area contributed by atoms with Crippen molar-refractivity contribution in [3.63, 3.8) is 0 Å². The lowest BCUT2D eigenvalue weighted by atomic mass is 10.2. The molecule has 164 valence electrons. The number of amides is 1. The molecule has 1 aromatic carbocycles. The van der Waals surface area contributed by atoms with Crippen molar-refractivity contribution in [2.45, 2.75) is 11.1 Å². The summed E-state index contributed by atoms with van der Waals surface area (Å²) in [7, 11) is -4.10. The van der Waals surface area contributed by atoms with Crippen LogP contribution >= 0.6 is 22.7 Å². The minimum Gasteiger partial charge on any atom is -0.335 e. The van der Waals surface area contributed by atoms with Crippen LogP contribution in [0.25, 0.3) is 10.6 Å². The van der Waals surface area contributed by atoms with Crippen molar-refractivity contribution in [1.29, 1.82) is 0 Å². The van der Waals surface area contributed by atoms with E-state index in [2.05, 4.69) is 4.98 Å². The van der Waals surface area contributed by atoms with Crippen molar-refractivity contribution in [3.8, 4) is 10.6 Å². The van der Waals surface area contributed by atoms with Gasteiger partial charge in [-0.2, -0.15) is 28.8 Å². The highest BCUT2D eigenvalue weighted by Crippen LogP contribution is 2.31. The number of benzene rings is 1. The summed E-state index contributed by atoms with van der Waals surface area (Å²) in [5.74, 6) is -0.297. The highest BCUT2D eigenvalue weighted by Gasteiger charge is 2.34. The van der Waals surface area contributed by atoms with Gasteiger partial charge in [-0.1, -0.05) is 6.07 Å². The van der Waals surface area contributed by atoms with E-state index < -0.39 is 26.7 Å². The van der Waals surface area contributed by atoms with Gasteiger partial charge in [0, 0.05) is 42.5 Å². The lowest BCUT2D eigenvalue weighted by molar-refractivity contribution is -0.137. The van der Waals surface area contributed by atoms with Gasteiger partial charge in [-0.15, -0.1) is 11.3 Å². The molecule has 0 N–H and O–H groups in total. The number of carbonyl (C=O) groups is 1. The van der Waals surface area contributed by atoms with Crippen molar-refractivity contribution in [2.75, 3.05) is 26.2 Å². The fourth-order valence-corrected chi connectivity index (χ4v) is 6.14. The molecule has 0 atom stereocenters. The van der Waals surface area contributed by atoms with E-state index in [4.69, 9.17) is 0 Å². The van der Waals surface area contributed by atoms with Gasteiger partial charge < -0.3 is 4.90 Å². The maximum Gasteiger partial charge on any atom is 0.416 e. The number of alkyl halides is 3. The van der Waals surface area contributed by atoms with Crippen LogP contribution in [0.5, 0.6) is 0 Å². The number of rotatable bonds is 4. The van der Waals surface area contributed by atoms with Gasteiger partial charge in [0.2, 0.25) is 10.0 Å². The number of sulfonamides is 1. The van der Waals surface area contributed by atoms with E-state index >= 15 is 0 Å². The molecule has 4 rings (SSSR count). The lowest BCUT2D eigenvalue weighted by Gasteiger charge is -2.33. The molecule has 0 spiro atoms. The fraction of sp³-hybridized carbons (Fsp3) is 0.263. The van der Waals surface area contributed by atoms with Gasteiger partial charge in [0.15, 0.2) is 0 Å². The first-order valence-corrected chi connectivity index (χ1v) is 12.4. The van der Waals surface area contributed by atoms with Gasteiger partial charge in [-0.05, 0) is 29.6 Å². The summed E-state index contributed by atoms with van der Waals surface area (Å²) in [4.78, 5) is 18.2. The molecule has 0 bridgehead atoms. The minimum atomic E-state index is -4.63. The van der Waals surface area contributed by atoms with E-state index in [-0.39, 0.29) is 32.1 Å². The van der Waals surface area contributed by atoms with Crippen LogP contribution in [-0.2, 0) is 16.2 Å². The Kier molecular flexibility index (Phi) is 5.90. The summed E-state index contributed by atoms with van der Waals surface area (Å²) in [6, 6.07) is 5.59. The first-order chi connectivity index (χ1) is 14.7. The molecule has 12 heteroatoms. The second kappa shape index (κ2) is 8.34. The maximum absolute atomic E-state index is 12.9. The molecule has 1 fully saturated rings. The molecule has 0 saturated carbocycles. The molecule has 1 aliphatic rings. The van der Waals surface area contributed by atoms with Crippen LogP contribution in [0.15, 0.2) is 51.4 Å². The monoisotopic (exact) mass is 487 g/mol. The number of hydrogen-bond acceptors (Lipinski definition) is 6. The van der Waals surface area contributed by atoms with Crippen LogP contribution in [-0.4, -0.2) is 54.7 Å². The lowest BCUT2D eigenvalue weighted by Crippen LogP contribution is -2.50. The highest BCUT2D eigenvalue weighted by atomic mass is 32.2. The molecule has 3 aromatic rings. The van der Waals surface area contributed by atoms with Gasteiger partial charge >= 0.3 is 6.18 Å². The second-order valence-electron chi connectivity index (χ2n) is 6.77. The molecule has 0 radical (unpaired) electrons. The third kappa shape index (κ3) is 4.52. The molecule has 3 heterocycles. The summed E-state index contributed by atoms with van der Waals surface area (Å²) in [6.07, 6.45) is -4.63. The SMILES string of the molecule is O=C(c1csc(-c2ccsc2)n1)N1CCN(S(=O)(=O)c2cccc(C(F)(F)F)c2)CC1. The van der Waals surface area contributed by atoms with Crippen LogP contribution in [0.4, 0.5) is 13.2 Å². The fourth-order valence-electron chi connectivity index (χ4n) is 3.17. The van der Waals surface area contributed by atoms with E-state index in [0.717, 1.165) is 33.1 Å². The molecule has 0 aliphatic carbocycles. The molecular weight excluding hydrogens is 471 g/mol. The Morgan fingerprint density at radius 3 is 2.45 bits per heavy atom. The Morgan fingerprint density at radius 1 is 1.06 bits per heavy atom. The third-order valence-corrected chi connectivity index (χ3v) is 8.29. The Hall–Kier alpha value is -2.28. The van der Waals surface area contributed by atoms with Crippen molar-refractivity contribution >= 4 is 38.6 Å². The summed E-state index contributed by atoms with van der Waals surface area (Å²) in [5.41, 5.74) is 0.207. The van der Waals surface area contributed by atoms with Crippen molar-refractivity contribution in [2.24, 2.45) is 0 Å². The third-order valence-electron chi connectivity index (χ3n) is 4.82. The van der Waals surface area contributed by atoms with Gasteiger partial charge in [0.25, 0.3) is 5.91 Å². The average molecular weight is 488 g/mol. The summed E-state index contributed by atoms with van der Waals surface area (Å²) in [6.45, 7) is 0.238. The van der Waals surface area contributed by atoms with Crippen molar-refractivity contribution < 1.29 is 26.4 Å². The largest absolute Gasteiger partial charge is 0.416 e. The van der Waals surface area contributed by atoms with E-state index in [9.17, 15) is 26.4 Å².